The molecule has 2 aromatic carbocycles. The fraction of sp³-hybridized carbons (Fsp3) is 0.240. The molecule has 1 fully saturated rings. The van der Waals surface area contributed by atoms with Crippen LogP contribution in [0.1, 0.15) is 34.7 Å². The number of aryl methyl sites for hydroxylation is 3. The number of rotatable bonds is 6. The zero-order valence-corrected chi connectivity index (χ0v) is 17.7. The second kappa shape index (κ2) is 8.60. The number of ketones is 1. The van der Waals surface area contributed by atoms with Crippen LogP contribution in [0.4, 0.5) is 0 Å². The first kappa shape index (κ1) is 20.6. The van der Waals surface area contributed by atoms with Crippen LogP contribution >= 0.6 is 0 Å². The highest BCUT2D eigenvalue weighted by Gasteiger charge is 2.45. The molecular formula is C25H26N3O3+. The maximum atomic E-state index is 13.0. The van der Waals surface area contributed by atoms with Crippen molar-refractivity contribution in [1.29, 1.82) is 0 Å². The number of hydrogen-bond acceptors (Lipinski definition) is 3. The predicted molar refractivity (Wildman–Crippen MR) is 117 cm³/mol. The topological polar surface area (TPSA) is 77.3 Å². The molecule has 0 radical (unpaired) electrons. The summed E-state index contributed by atoms with van der Waals surface area (Å²) in [6.07, 6.45) is 6.29. The number of H-pyrrole nitrogens is 1. The van der Waals surface area contributed by atoms with Gasteiger partial charge in [-0.05, 0) is 19.4 Å². The minimum atomic E-state index is -0.641. The van der Waals surface area contributed by atoms with Crippen LogP contribution in [0.3, 0.4) is 0 Å². The molecule has 4 rings (SSSR count). The number of nitrogens with zero attached hydrogens (tertiary/aromatic N) is 2. The van der Waals surface area contributed by atoms with Gasteiger partial charge in [-0.25, -0.2) is 4.57 Å². The van der Waals surface area contributed by atoms with Crippen LogP contribution in [0.2, 0.25) is 0 Å². The van der Waals surface area contributed by atoms with Crippen LogP contribution in [-0.4, -0.2) is 33.2 Å². The third-order valence-electron chi connectivity index (χ3n) is 5.68. The molecule has 31 heavy (non-hydrogen) atoms. The van der Waals surface area contributed by atoms with Gasteiger partial charge in [0.05, 0.1) is 18.2 Å². The van der Waals surface area contributed by atoms with Crippen LogP contribution in [0.15, 0.2) is 72.8 Å². The summed E-state index contributed by atoms with van der Waals surface area (Å²) in [6, 6.07) is 14.4. The summed E-state index contributed by atoms with van der Waals surface area (Å²) < 4.78 is 1.99. The summed E-state index contributed by atoms with van der Waals surface area (Å²) in [5.74, 6) is -1.34. The predicted octanol–water partition coefficient (Wildman–Crippen LogP) is 3.43. The fourth-order valence-electron chi connectivity index (χ4n) is 3.96. The van der Waals surface area contributed by atoms with E-state index in [4.69, 9.17) is 0 Å². The van der Waals surface area contributed by atoms with E-state index in [-0.39, 0.29) is 11.3 Å². The van der Waals surface area contributed by atoms with Gasteiger partial charge < -0.3 is 10.0 Å². The van der Waals surface area contributed by atoms with Gasteiger partial charge in [-0.1, -0.05) is 59.7 Å². The normalized spacial score (nSPS) is 18.0. The molecule has 1 amide bonds. The summed E-state index contributed by atoms with van der Waals surface area (Å²) in [5.41, 5.74) is 3.63. The molecule has 1 aromatic heterocycles. The van der Waals surface area contributed by atoms with Crippen molar-refractivity contribution in [2.24, 2.45) is 0 Å². The molecule has 2 heterocycles. The van der Waals surface area contributed by atoms with Gasteiger partial charge in [0.1, 0.15) is 18.2 Å². The number of likely N-dealkylation sites (tertiary alicyclic amines) is 1. The van der Waals surface area contributed by atoms with E-state index in [1.165, 1.54) is 0 Å². The Hall–Kier alpha value is -3.67. The number of nitrogens with one attached hydrogen (secondary N) is 1. The molecule has 1 unspecified atom stereocenters. The van der Waals surface area contributed by atoms with Gasteiger partial charge in [-0.2, -0.15) is 0 Å². The Morgan fingerprint density at radius 3 is 2.29 bits per heavy atom. The third kappa shape index (κ3) is 4.14. The number of aliphatic hydroxyl groups excluding tert-OH is 1. The minimum absolute atomic E-state index is 0.133. The van der Waals surface area contributed by atoms with Crippen molar-refractivity contribution in [2.45, 2.75) is 32.9 Å². The Bertz CT molecular complexity index is 1110. The Morgan fingerprint density at radius 1 is 1.03 bits per heavy atom. The van der Waals surface area contributed by atoms with Crippen molar-refractivity contribution >= 4 is 17.4 Å². The molecule has 6 nitrogen and oxygen atoms in total. The molecule has 1 atom stereocenters. The average molecular weight is 417 g/mol. The number of aliphatic hydroxyl groups is 1. The van der Waals surface area contributed by atoms with E-state index in [1.807, 2.05) is 73.5 Å². The molecule has 6 heteroatoms. The first-order valence-corrected chi connectivity index (χ1v) is 10.4. The van der Waals surface area contributed by atoms with Crippen LogP contribution in [0, 0.1) is 13.8 Å². The highest BCUT2D eigenvalue weighted by Crippen LogP contribution is 2.39. The number of aromatic nitrogens is 2. The number of Topliss-reactive ketones (excluding diaryl/α,β-unsaturated/α-hetero) is 1. The molecule has 1 aliphatic rings. The lowest BCUT2D eigenvalue weighted by Crippen LogP contribution is -2.36. The molecule has 2 N–H and O–H groups in total. The Kier molecular flexibility index (Phi) is 5.71. The molecule has 1 saturated heterocycles. The Morgan fingerprint density at radius 2 is 1.68 bits per heavy atom. The largest absolute Gasteiger partial charge is 0.507 e. The van der Waals surface area contributed by atoms with Gasteiger partial charge >= 0.3 is 0 Å². The number of carbonyl (C=O) groups is 2. The van der Waals surface area contributed by atoms with Gasteiger partial charge in [0.25, 0.3) is 11.7 Å². The number of benzene rings is 2. The quantitative estimate of drug-likeness (QED) is 0.280. The van der Waals surface area contributed by atoms with Crippen molar-refractivity contribution in [3.8, 4) is 0 Å². The highest BCUT2D eigenvalue weighted by atomic mass is 16.3. The van der Waals surface area contributed by atoms with Crippen molar-refractivity contribution in [3.05, 3.63) is 95.1 Å². The van der Waals surface area contributed by atoms with Gasteiger partial charge in [0, 0.05) is 18.5 Å². The summed E-state index contributed by atoms with van der Waals surface area (Å²) >= 11 is 0. The van der Waals surface area contributed by atoms with Gasteiger partial charge in [0.2, 0.25) is 6.33 Å². The smallest absolute Gasteiger partial charge is 0.295 e. The lowest BCUT2D eigenvalue weighted by molar-refractivity contribution is -0.695. The van der Waals surface area contributed by atoms with Gasteiger partial charge in [-0.15, -0.1) is 0 Å². The van der Waals surface area contributed by atoms with Gasteiger partial charge in [0.15, 0.2) is 0 Å². The molecule has 0 saturated carbocycles. The van der Waals surface area contributed by atoms with Crippen LogP contribution in [-0.2, 0) is 16.1 Å². The lowest BCUT2D eigenvalue weighted by Gasteiger charge is -2.25. The zero-order valence-electron chi connectivity index (χ0n) is 17.7. The number of imidazole rings is 1. The monoisotopic (exact) mass is 416 g/mol. The van der Waals surface area contributed by atoms with Crippen LogP contribution in [0.5, 0.6) is 0 Å². The Labute approximate surface area is 181 Å². The number of aromatic amines is 1. The second-order valence-electron chi connectivity index (χ2n) is 7.97. The first-order valence-electron chi connectivity index (χ1n) is 10.4. The zero-order chi connectivity index (χ0) is 22.0. The minimum Gasteiger partial charge on any atom is -0.507 e. The van der Waals surface area contributed by atoms with Crippen molar-refractivity contribution in [1.82, 2.24) is 9.88 Å². The first-order chi connectivity index (χ1) is 15.0. The summed E-state index contributed by atoms with van der Waals surface area (Å²) in [5, 5.41) is 11.1. The maximum Gasteiger partial charge on any atom is 0.295 e. The molecule has 0 aliphatic carbocycles. The van der Waals surface area contributed by atoms with E-state index in [0.717, 1.165) is 16.7 Å². The maximum absolute atomic E-state index is 13.0. The van der Waals surface area contributed by atoms with Gasteiger partial charge in [-0.3, -0.25) is 14.6 Å². The van der Waals surface area contributed by atoms with E-state index in [9.17, 15) is 14.7 Å². The van der Waals surface area contributed by atoms with E-state index in [1.54, 1.807) is 17.0 Å². The van der Waals surface area contributed by atoms with Crippen molar-refractivity contribution in [2.75, 3.05) is 6.54 Å². The summed E-state index contributed by atoms with van der Waals surface area (Å²) in [6.45, 7) is 5.07. The molecule has 0 spiro atoms. The van der Waals surface area contributed by atoms with E-state index in [2.05, 4.69) is 4.98 Å². The third-order valence-corrected chi connectivity index (χ3v) is 5.68. The van der Waals surface area contributed by atoms with Crippen molar-refractivity contribution < 1.29 is 19.3 Å². The standard InChI is InChI=1S/C25H25N3O3/c1-17-4-8-19(9-5-17)22-21(23(29)20-10-6-18(2)7-11-20)24(30)25(31)28(22)14-3-13-27-15-12-26-16-27/h4-12,15-16,22H,3,13-14H2,1-2H3,(H,29,30)/p+1. The second-order valence-corrected chi connectivity index (χ2v) is 7.97. The van der Waals surface area contributed by atoms with Crippen LogP contribution in [0.25, 0.3) is 5.76 Å². The van der Waals surface area contributed by atoms with Crippen LogP contribution < -0.4 is 4.57 Å². The Balaban J connectivity index is 1.72. The summed E-state index contributed by atoms with van der Waals surface area (Å²) in [4.78, 5) is 30.6. The van der Waals surface area contributed by atoms with E-state index >= 15 is 0 Å². The lowest BCUT2D eigenvalue weighted by atomic mass is 9.94. The highest BCUT2D eigenvalue weighted by molar-refractivity contribution is 6.46. The SMILES string of the molecule is Cc1ccc(C(O)=C2C(=O)C(=O)N(CCC[n+]3cc[nH]c3)C2c2ccc(C)cc2)cc1. The molecule has 1 aliphatic heterocycles. The number of carbonyl (C=O) groups excluding carboxylic acids is 2. The average Bonchev–Trinajstić information content (AvgIpc) is 3.37. The fourth-order valence-corrected chi connectivity index (χ4v) is 3.96. The van der Waals surface area contributed by atoms with E-state index < -0.39 is 17.7 Å². The molecule has 158 valence electrons. The number of amides is 1. The number of hydrogen-bond donors (Lipinski definition) is 2. The van der Waals surface area contributed by atoms with Crippen molar-refractivity contribution in [3.63, 3.8) is 0 Å². The molecular weight excluding hydrogens is 390 g/mol. The molecule has 3 aromatic rings. The van der Waals surface area contributed by atoms with E-state index in [0.29, 0.717) is 25.1 Å². The summed E-state index contributed by atoms with van der Waals surface area (Å²) in [7, 11) is 0. The molecule has 0 bridgehead atoms.